The van der Waals surface area contributed by atoms with Gasteiger partial charge < -0.3 is 16.0 Å². The molecular formula is C15H21N3O. The average molecular weight is 259 g/mol. The summed E-state index contributed by atoms with van der Waals surface area (Å²) in [6.07, 6.45) is 2.28. The number of benzene rings is 1. The number of hydrogen-bond donors (Lipinski definition) is 2. The molecule has 0 aromatic heterocycles. The molecule has 0 spiro atoms. The maximum absolute atomic E-state index is 12.2. The predicted molar refractivity (Wildman–Crippen MR) is 76.0 cm³/mol. The van der Waals surface area contributed by atoms with Crippen LogP contribution in [0.25, 0.3) is 0 Å². The first-order chi connectivity index (χ1) is 9.13. The summed E-state index contributed by atoms with van der Waals surface area (Å²) in [6.45, 7) is 3.70. The molecule has 3 unspecified atom stereocenters. The fourth-order valence-corrected chi connectivity index (χ4v) is 3.31. The Morgan fingerprint density at radius 2 is 2.00 bits per heavy atom. The fraction of sp³-hybridized carbons (Fsp3) is 0.533. The minimum atomic E-state index is 0.00505. The molecule has 1 aliphatic carbocycles. The van der Waals surface area contributed by atoms with Gasteiger partial charge in [-0.1, -0.05) is 17.7 Å². The van der Waals surface area contributed by atoms with Crippen LogP contribution in [0.15, 0.2) is 24.3 Å². The van der Waals surface area contributed by atoms with E-state index in [1.807, 2.05) is 36.1 Å². The van der Waals surface area contributed by atoms with Crippen LogP contribution in [0.4, 0.5) is 10.5 Å². The van der Waals surface area contributed by atoms with Crippen LogP contribution in [-0.4, -0.2) is 30.1 Å². The highest BCUT2D eigenvalue weighted by atomic mass is 16.2. The van der Waals surface area contributed by atoms with Crippen LogP contribution in [-0.2, 0) is 0 Å². The van der Waals surface area contributed by atoms with E-state index in [0.29, 0.717) is 11.8 Å². The van der Waals surface area contributed by atoms with Crippen molar-refractivity contribution in [2.75, 3.05) is 18.4 Å². The summed E-state index contributed by atoms with van der Waals surface area (Å²) >= 11 is 0. The van der Waals surface area contributed by atoms with E-state index < -0.39 is 0 Å². The lowest BCUT2D eigenvalue weighted by Crippen LogP contribution is -2.36. The lowest BCUT2D eigenvalue weighted by molar-refractivity contribution is 0.218. The number of urea groups is 1. The quantitative estimate of drug-likeness (QED) is 0.812. The molecule has 0 radical (unpaired) electrons. The van der Waals surface area contributed by atoms with Crippen LogP contribution in [0.1, 0.15) is 18.4 Å². The van der Waals surface area contributed by atoms with Crippen molar-refractivity contribution in [2.24, 2.45) is 17.6 Å². The highest BCUT2D eigenvalue weighted by Gasteiger charge is 2.42. The largest absolute Gasteiger partial charge is 0.327 e. The molecule has 1 aromatic rings. The van der Waals surface area contributed by atoms with Gasteiger partial charge in [0.2, 0.25) is 0 Å². The van der Waals surface area contributed by atoms with E-state index >= 15 is 0 Å². The summed E-state index contributed by atoms with van der Waals surface area (Å²) in [4.78, 5) is 14.1. The third kappa shape index (κ3) is 2.45. The number of carbonyl (C=O) groups is 1. The average Bonchev–Trinajstić information content (AvgIpc) is 2.95. The first-order valence-electron chi connectivity index (χ1n) is 7.01. The van der Waals surface area contributed by atoms with E-state index in [2.05, 4.69) is 5.32 Å². The smallest absolute Gasteiger partial charge is 0.321 e. The second-order valence-corrected chi connectivity index (χ2v) is 5.87. The normalized spacial score (nSPS) is 29.4. The van der Waals surface area contributed by atoms with E-state index in [0.717, 1.165) is 25.2 Å². The Bertz CT molecular complexity index is 471. The minimum Gasteiger partial charge on any atom is -0.327 e. The van der Waals surface area contributed by atoms with Gasteiger partial charge in [-0.25, -0.2) is 4.79 Å². The molecule has 1 saturated heterocycles. The van der Waals surface area contributed by atoms with Crippen molar-refractivity contribution >= 4 is 11.7 Å². The SMILES string of the molecule is Cc1ccc(NC(=O)N2CC3CCC(N)C3C2)cc1. The van der Waals surface area contributed by atoms with Gasteiger partial charge in [0, 0.05) is 24.8 Å². The molecular weight excluding hydrogens is 238 g/mol. The van der Waals surface area contributed by atoms with Gasteiger partial charge in [0.1, 0.15) is 0 Å². The van der Waals surface area contributed by atoms with Crippen LogP contribution < -0.4 is 11.1 Å². The molecule has 3 atom stereocenters. The Labute approximate surface area is 114 Å². The Morgan fingerprint density at radius 1 is 1.26 bits per heavy atom. The molecule has 1 heterocycles. The van der Waals surface area contributed by atoms with Crippen molar-refractivity contribution in [1.82, 2.24) is 4.90 Å². The molecule has 4 heteroatoms. The van der Waals surface area contributed by atoms with Gasteiger partial charge in [0.05, 0.1) is 0 Å². The van der Waals surface area contributed by atoms with Gasteiger partial charge in [0.25, 0.3) is 0 Å². The third-order valence-corrected chi connectivity index (χ3v) is 4.50. The van der Waals surface area contributed by atoms with Crippen LogP contribution >= 0.6 is 0 Å². The summed E-state index contributed by atoms with van der Waals surface area (Å²) < 4.78 is 0. The summed E-state index contributed by atoms with van der Waals surface area (Å²) in [6, 6.07) is 8.17. The third-order valence-electron chi connectivity index (χ3n) is 4.50. The molecule has 3 rings (SSSR count). The Balaban J connectivity index is 1.61. The molecule has 1 aliphatic heterocycles. The standard InChI is InChI=1S/C15H21N3O/c1-10-2-5-12(6-3-10)17-15(19)18-8-11-4-7-14(16)13(11)9-18/h2-3,5-6,11,13-14H,4,7-9,16H2,1H3,(H,17,19). The van der Waals surface area contributed by atoms with Gasteiger partial charge in [-0.2, -0.15) is 0 Å². The number of amides is 2. The van der Waals surface area contributed by atoms with E-state index in [-0.39, 0.29) is 12.1 Å². The minimum absolute atomic E-state index is 0.00505. The number of anilines is 1. The number of likely N-dealkylation sites (tertiary alicyclic amines) is 1. The molecule has 4 nitrogen and oxygen atoms in total. The van der Waals surface area contributed by atoms with Gasteiger partial charge in [0.15, 0.2) is 0 Å². The van der Waals surface area contributed by atoms with Gasteiger partial charge in [-0.15, -0.1) is 0 Å². The predicted octanol–water partition coefficient (Wildman–Crippen LogP) is 2.20. The molecule has 1 aromatic carbocycles. The van der Waals surface area contributed by atoms with E-state index in [1.54, 1.807) is 0 Å². The summed E-state index contributed by atoms with van der Waals surface area (Å²) in [5, 5.41) is 2.96. The van der Waals surface area contributed by atoms with Crippen LogP contribution in [0, 0.1) is 18.8 Å². The second kappa shape index (κ2) is 4.85. The number of aryl methyl sites for hydroxylation is 1. The lowest BCUT2D eigenvalue weighted by atomic mass is 9.98. The van der Waals surface area contributed by atoms with Crippen molar-refractivity contribution in [3.63, 3.8) is 0 Å². The number of nitrogens with one attached hydrogen (secondary N) is 1. The van der Waals surface area contributed by atoms with Crippen molar-refractivity contribution in [3.05, 3.63) is 29.8 Å². The first kappa shape index (κ1) is 12.5. The zero-order valence-corrected chi connectivity index (χ0v) is 11.3. The monoisotopic (exact) mass is 259 g/mol. The number of carbonyl (C=O) groups excluding carboxylic acids is 1. The zero-order valence-electron chi connectivity index (χ0n) is 11.3. The number of fused-ring (bicyclic) bond motifs is 1. The van der Waals surface area contributed by atoms with Crippen molar-refractivity contribution in [2.45, 2.75) is 25.8 Å². The Kier molecular flexibility index (Phi) is 3.19. The van der Waals surface area contributed by atoms with Crippen LogP contribution in [0.2, 0.25) is 0 Å². The molecule has 102 valence electrons. The van der Waals surface area contributed by atoms with E-state index in [4.69, 9.17) is 5.73 Å². The molecule has 2 fully saturated rings. The van der Waals surface area contributed by atoms with Gasteiger partial charge in [-0.3, -0.25) is 0 Å². The molecule has 2 amide bonds. The van der Waals surface area contributed by atoms with Crippen molar-refractivity contribution < 1.29 is 4.79 Å². The van der Waals surface area contributed by atoms with E-state index in [9.17, 15) is 4.79 Å². The Hall–Kier alpha value is -1.55. The lowest BCUT2D eigenvalue weighted by Gasteiger charge is -2.19. The maximum Gasteiger partial charge on any atom is 0.321 e. The van der Waals surface area contributed by atoms with Gasteiger partial charge >= 0.3 is 6.03 Å². The zero-order chi connectivity index (χ0) is 13.4. The highest BCUT2D eigenvalue weighted by molar-refractivity contribution is 5.89. The van der Waals surface area contributed by atoms with Crippen molar-refractivity contribution in [3.8, 4) is 0 Å². The second-order valence-electron chi connectivity index (χ2n) is 5.87. The van der Waals surface area contributed by atoms with Crippen LogP contribution in [0.3, 0.4) is 0 Å². The highest BCUT2D eigenvalue weighted by Crippen LogP contribution is 2.37. The Morgan fingerprint density at radius 3 is 2.68 bits per heavy atom. The molecule has 2 aliphatic rings. The van der Waals surface area contributed by atoms with Crippen LogP contribution in [0.5, 0.6) is 0 Å². The summed E-state index contributed by atoms with van der Waals surface area (Å²) in [5.74, 6) is 1.11. The first-order valence-corrected chi connectivity index (χ1v) is 7.01. The molecule has 0 bridgehead atoms. The van der Waals surface area contributed by atoms with E-state index in [1.165, 1.54) is 12.0 Å². The number of hydrogen-bond acceptors (Lipinski definition) is 2. The number of rotatable bonds is 1. The summed E-state index contributed by atoms with van der Waals surface area (Å²) in [7, 11) is 0. The molecule has 1 saturated carbocycles. The summed E-state index contributed by atoms with van der Waals surface area (Å²) in [5.41, 5.74) is 8.15. The van der Waals surface area contributed by atoms with Gasteiger partial charge in [-0.05, 0) is 43.7 Å². The topological polar surface area (TPSA) is 58.4 Å². The molecule has 3 N–H and O–H groups in total. The number of nitrogens with zero attached hydrogens (tertiary/aromatic N) is 1. The van der Waals surface area contributed by atoms with Crippen molar-refractivity contribution in [1.29, 1.82) is 0 Å². The number of nitrogens with two attached hydrogens (primary N) is 1. The molecule has 19 heavy (non-hydrogen) atoms. The maximum atomic E-state index is 12.2. The fourth-order valence-electron chi connectivity index (χ4n) is 3.31.